The standard InChI is InChI=1S/C16H16N4O3S/c1-10-13-6-11(7-18-15(13)20(2)19-10)16(22)23-9-14(21)17-8-12-4-3-5-24-12/h3-7H,8-9H2,1-2H3,(H,17,21). The number of esters is 1. The lowest BCUT2D eigenvalue weighted by Gasteiger charge is -2.06. The van der Waals surface area contributed by atoms with Crippen molar-refractivity contribution in [3.8, 4) is 0 Å². The highest BCUT2D eigenvalue weighted by atomic mass is 32.1. The molecule has 0 fully saturated rings. The van der Waals surface area contributed by atoms with Gasteiger partial charge in [0.25, 0.3) is 5.91 Å². The molecule has 24 heavy (non-hydrogen) atoms. The largest absolute Gasteiger partial charge is 0.452 e. The number of hydrogen-bond donors (Lipinski definition) is 1. The van der Waals surface area contributed by atoms with Gasteiger partial charge in [0.15, 0.2) is 12.3 Å². The molecular weight excluding hydrogens is 328 g/mol. The zero-order chi connectivity index (χ0) is 17.1. The molecule has 3 rings (SSSR count). The van der Waals surface area contributed by atoms with Crippen molar-refractivity contribution in [2.45, 2.75) is 13.5 Å². The number of carbonyl (C=O) groups is 2. The summed E-state index contributed by atoms with van der Waals surface area (Å²) in [5.41, 5.74) is 1.77. The lowest BCUT2D eigenvalue weighted by atomic mass is 10.2. The number of thiophene rings is 1. The van der Waals surface area contributed by atoms with Crippen LogP contribution in [0.4, 0.5) is 0 Å². The highest BCUT2D eigenvalue weighted by Crippen LogP contribution is 2.17. The van der Waals surface area contributed by atoms with Crippen molar-refractivity contribution in [3.63, 3.8) is 0 Å². The molecule has 0 aliphatic carbocycles. The molecule has 0 aliphatic heterocycles. The van der Waals surface area contributed by atoms with Gasteiger partial charge in [0.2, 0.25) is 0 Å². The van der Waals surface area contributed by atoms with Crippen molar-refractivity contribution in [1.82, 2.24) is 20.1 Å². The van der Waals surface area contributed by atoms with E-state index in [1.807, 2.05) is 24.4 Å². The number of carbonyl (C=O) groups excluding carboxylic acids is 2. The molecule has 1 amide bonds. The highest BCUT2D eigenvalue weighted by molar-refractivity contribution is 7.09. The first-order valence-electron chi connectivity index (χ1n) is 7.30. The maximum atomic E-state index is 12.1. The van der Waals surface area contributed by atoms with Crippen LogP contribution in [0.1, 0.15) is 20.9 Å². The van der Waals surface area contributed by atoms with E-state index < -0.39 is 5.97 Å². The Balaban J connectivity index is 1.58. The second kappa shape index (κ2) is 6.79. The van der Waals surface area contributed by atoms with E-state index in [1.54, 1.807) is 29.1 Å². The number of nitrogens with zero attached hydrogens (tertiary/aromatic N) is 3. The second-order valence-corrected chi connectivity index (χ2v) is 6.27. The first-order chi connectivity index (χ1) is 11.5. The normalized spacial score (nSPS) is 10.8. The Labute approximate surface area is 142 Å². The van der Waals surface area contributed by atoms with Crippen molar-refractivity contribution in [2.75, 3.05) is 6.61 Å². The third-order valence-electron chi connectivity index (χ3n) is 3.47. The number of aryl methyl sites for hydroxylation is 2. The Bertz CT molecular complexity index is 886. The van der Waals surface area contributed by atoms with E-state index >= 15 is 0 Å². The SMILES string of the molecule is Cc1nn(C)c2ncc(C(=O)OCC(=O)NCc3cccs3)cc12. The number of pyridine rings is 1. The van der Waals surface area contributed by atoms with E-state index in [0.717, 1.165) is 16.0 Å². The summed E-state index contributed by atoms with van der Waals surface area (Å²) in [6.07, 6.45) is 1.43. The maximum absolute atomic E-state index is 12.1. The van der Waals surface area contributed by atoms with E-state index in [2.05, 4.69) is 15.4 Å². The van der Waals surface area contributed by atoms with Gasteiger partial charge in [-0.2, -0.15) is 5.10 Å². The van der Waals surface area contributed by atoms with Crippen LogP contribution in [0.2, 0.25) is 0 Å². The summed E-state index contributed by atoms with van der Waals surface area (Å²) in [6.45, 7) is 1.95. The van der Waals surface area contributed by atoms with Crippen LogP contribution in [0, 0.1) is 6.92 Å². The Hall–Kier alpha value is -2.74. The Morgan fingerprint density at radius 3 is 3.00 bits per heavy atom. The van der Waals surface area contributed by atoms with Gasteiger partial charge in [-0.1, -0.05) is 6.07 Å². The molecule has 0 radical (unpaired) electrons. The predicted molar refractivity (Wildman–Crippen MR) is 89.7 cm³/mol. The number of aromatic nitrogens is 3. The summed E-state index contributed by atoms with van der Waals surface area (Å²) in [5, 5.41) is 9.67. The number of amides is 1. The van der Waals surface area contributed by atoms with E-state index in [0.29, 0.717) is 17.8 Å². The van der Waals surface area contributed by atoms with Crippen molar-refractivity contribution < 1.29 is 14.3 Å². The van der Waals surface area contributed by atoms with Crippen LogP contribution in [0.5, 0.6) is 0 Å². The molecule has 1 N–H and O–H groups in total. The number of fused-ring (bicyclic) bond motifs is 1. The average Bonchev–Trinajstić information content (AvgIpc) is 3.19. The molecule has 0 spiro atoms. The summed E-state index contributed by atoms with van der Waals surface area (Å²) in [5.74, 6) is -0.928. The quantitative estimate of drug-likeness (QED) is 0.714. The molecular formula is C16H16N4O3S. The van der Waals surface area contributed by atoms with Gasteiger partial charge < -0.3 is 10.1 Å². The molecule has 3 aromatic heterocycles. The number of nitrogens with one attached hydrogen (secondary N) is 1. The number of ether oxygens (including phenoxy) is 1. The molecule has 0 atom stereocenters. The van der Waals surface area contributed by atoms with E-state index in [-0.39, 0.29) is 12.5 Å². The Morgan fingerprint density at radius 1 is 1.42 bits per heavy atom. The smallest absolute Gasteiger partial charge is 0.340 e. The average molecular weight is 344 g/mol. The molecule has 0 bridgehead atoms. The fourth-order valence-electron chi connectivity index (χ4n) is 2.28. The molecule has 0 saturated carbocycles. The Kier molecular flexibility index (Phi) is 4.57. The minimum absolute atomic E-state index is 0.296. The van der Waals surface area contributed by atoms with Crippen molar-refractivity contribution in [3.05, 3.63) is 45.9 Å². The molecule has 3 aromatic rings. The first-order valence-corrected chi connectivity index (χ1v) is 8.18. The topological polar surface area (TPSA) is 86.1 Å². The van der Waals surface area contributed by atoms with Gasteiger partial charge in [-0.15, -0.1) is 11.3 Å². The lowest BCUT2D eigenvalue weighted by molar-refractivity contribution is -0.124. The maximum Gasteiger partial charge on any atom is 0.340 e. The molecule has 124 valence electrons. The molecule has 0 aromatic carbocycles. The minimum Gasteiger partial charge on any atom is -0.452 e. The van der Waals surface area contributed by atoms with E-state index in [1.165, 1.54) is 6.20 Å². The van der Waals surface area contributed by atoms with Crippen molar-refractivity contribution in [1.29, 1.82) is 0 Å². The van der Waals surface area contributed by atoms with Crippen LogP contribution >= 0.6 is 11.3 Å². The van der Waals surface area contributed by atoms with Crippen LogP contribution in [0.15, 0.2) is 29.8 Å². The first kappa shape index (κ1) is 16.1. The molecule has 3 heterocycles. The monoisotopic (exact) mass is 344 g/mol. The van der Waals surface area contributed by atoms with Gasteiger partial charge in [0.05, 0.1) is 17.8 Å². The lowest BCUT2D eigenvalue weighted by Crippen LogP contribution is -2.28. The van der Waals surface area contributed by atoms with Crippen molar-refractivity contribution >= 4 is 34.2 Å². The van der Waals surface area contributed by atoms with E-state index in [9.17, 15) is 9.59 Å². The zero-order valence-corrected chi connectivity index (χ0v) is 14.1. The zero-order valence-electron chi connectivity index (χ0n) is 13.3. The number of hydrogen-bond acceptors (Lipinski definition) is 6. The Morgan fingerprint density at radius 2 is 2.25 bits per heavy atom. The summed E-state index contributed by atoms with van der Waals surface area (Å²) < 4.78 is 6.69. The third kappa shape index (κ3) is 3.43. The van der Waals surface area contributed by atoms with Gasteiger partial charge in [0, 0.05) is 23.5 Å². The van der Waals surface area contributed by atoms with Crippen LogP contribution in [0.3, 0.4) is 0 Å². The predicted octanol–water partition coefficient (Wildman–Crippen LogP) is 1.81. The number of rotatable bonds is 5. The molecule has 0 aliphatic rings. The summed E-state index contributed by atoms with van der Waals surface area (Å²) in [7, 11) is 1.79. The summed E-state index contributed by atoms with van der Waals surface area (Å²) >= 11 is 1.55. The molecule has 0 unspecified atom stereocenters. The minimum atomic E-state index is -0.584. The van der Waals surface area contributed by atoms with Gasteiger partial charge in [-0.3, -0.25) is 9.48 Å². The van der Waals surface area contributed by atoms with Gasteiger partial charge >= 0.3 is 5.97 Å². The highest BCUT2D eigenvalue weighted by Gasteiger charge is 2.14. The summed E-state index contributed by atoms with van der Waals surface area (Å²) in [6, 6.07) is 5.51. The molecule has 7 nitrogen and oxygen atoms in total. The molecule has 8 heteroatoms. The fraction of sp³-hybridized carbons (Fsp3) is 0.250. The van der Waals surface area contributed by atoms with Crippen LogP contribution in [-0.4, -0.2) is 33.2 Å². The van der Waals surface area contributed by atoms with Gasteiger partial charge in [-0.25, -0.2) is 9.78 Å². The van der Waals surface area contributed by atoms with Crippen LogP contribution in [-0.2, 0) is 23.1 Å². The van der Waals surface area contributed by atoms with Gasteiger partial charge in [0.1, 0.15) is 0 Å². The van der Waals surface area contributed by atoms with Crippen LogP contribution in [0.25, 0.3) is 11.0 Å². The van der Waals surface area contributed by atoms with Gasteiger partial charge in [-0.05, 0) is 24.4 Å². The molecule has 0 saturated heterocycles. The van der Waals surface area contributed by atoms with Crippen LogP contribution < -0.4 is 5.32 Å². The second-order valence-electron chi connectivity index (χ2n) is 5.24. The van der Waals surface area contributed by atoms with E-state index in [4.69, 9.17) is 4.74 Å². The fourth-order valence-corrected chi connectivity index (χ4v) is 2.93. The van der Waals surface area contributed by atoms with Crippen molar-refractivity contribution in [2.24, 2.45) is 7.05 Å². The summed E-state index contributed by atoms with van der Waals surface area (Å²) in [4.78, 5) is 29.1. The third-order valence-corrected chi connectivity index (χ3v) is 4.35.